The Morgan fingerprint density at radius 3 is 2.58 bits per heavy atom. The van der Waals surface area contributed by atoms with Crippen LogP contribution in [0.2, 0.25) is 0 Å². The molecule has 5 aliphatic rings. The number of carbonyl (C=O) groups is 1. The van der Waals surface area contributed by atoms with E-state index >= 15 is 0 Å². The number of urea groups is 1. The Balaban J connectivity index is 1.04. The molecule has 2 unspecified atom stereocenters. The van der Waals surface area contributed by atoms with Crippen LogP contribution in [0, 0.1) is 11.3 Å². The molecule has 8 rings (SSSR count). The Hall–Kier alpha value is -4.02. The van der Waals surface area contributed by atoms with E-state index in [2.05, 4.69) is 21.0 Å². The van der Waals surface area contributed by atoms with Gasteiger partial charge in [0.25, 0.3) is 5.92 Å². The topological polar surface area (TPSA) is 102 Å². The van der Waals surface area contributed by atoms with Gasteiger partial charge in [0.05, 0.1) is 48.8 Å². The number of morpholine rings is 1. The number of rotatable bonds is 6. The van der Waals surface area contributed by atoms with Gasteiger partial charge in [-0.2, -0.15) is 10.4 Å². The van der Waals surface area contributed by atoms with E-state index < -0.39 is 5.92 Å². The molecule has 13 heteroatoms. The fraction of sp³-hybridized carbons (Fsp3) is 0.533. The van der Waals surface area contributed by atoms with Gasteiger partial charge in [-0.15, -0.1) is 0 Å². The predicted molar refractivity (Wildman–Crippen MR) is 153 cm³/mol. The van der Waals surface area contributed by atoms with Crippen LogP contribution in [-0.2, 0) is 4.74 Å². The van der Waals surface area contributed by atoms with Gasteiger partial charge in [-0.25, -0.2) is 23.1 Å². The summed E-state index contributed by atoms with van der Waals surface area (Å²) in [5, 5.41) is 14.1. The monoisotopic (exact) mass is 592 g/mol. The summed E-state index contributed by atoms with van der Waals surface area (Å²) in [4.78, 5) is 25.8. The Morgan fingerprint density at radius 2 is 1.88 bits per heavy atom. The van der Waals surface area contributed by atoms with Gasteiger partial charge in [0, 0.05) is 76.0 Å². The van der Waals surface area contributed by atoms with Crippen molar-refractivity contribution >= 4 is 17.4 Å². The molecule has 3 aromatic heterocycles. The van der Waals surface area contributed by atoms with E-state index in [1.54, 1.807) is 28.0 Å². The van der Waals surface area contributed by atoms with E-state index in [0.717, 1.165) is 56.2 Å². The van der Waals surface area contributed by atoms with Crippen molar-refractivity contribution < 1.29 is 23.0 Å². The number of pyridine rings is 2. The van der Waals surface area contributed by atoms with E-state index in [1.807, 2.05) is 23.1 Å². The molecule has 226 valence electrons. The van der Waals surface area contributed by atoms with E-state index in [9.17, 15) is 18.8 Å². The number of likely N-dealkylation sites (tertiary alicyclic amines) is 1. The van der Waals surface area contributed by atoms with Crippen LogP contribution in [0.15, 0.2) is 36.8 Å². The molecule has 2 atom stereocenters. The number of nitriles is 1. The number of anilines is 1. The number of carbonyl (C=O) groups excluding carboxylic acids is 1. The summed E-state index contributed by atoms with van der Waals surface area (Å²) >= 11 is 0. The number of hydrogen-bond donors (Lipinski definition) is 0. The van der Waals surface area contributed by atoms with Gasteiger partial charge in [0.15, 0.2) is 0 Å². The lowest BCUT2D eigenvalue weighted by molar-refractivity contribution is -0.0563. The lowest BCUT2D eigenvalue weighted by Crippen LogP contribution is -2.72. The molecular formula is C30H34F2N8O3. The van der Waals surface area contributed by atoms with Gasteiger partial charge in [0.1, 0.15) is 24.2 Å². The minimum absolute atomic E-state index is 0.0473. The van der Waals surface area contributed by atoms with E-state index in [1.165, 1.54) is 0 Å². The fourth-order valence-corrected chi connectivity index (χ4v) is 6.63. The van der Waals surface area contributed by atoms with Crippen molar-refractivity contribution in [2.24, 2.45) is 0 Å². The molecule has 8 heterocycles. The molecule has 0 radical (unpaired) electrons. The molecule has 0 spiro atoms. The first kappa shape index (κ1) is 27.8. The Morgan fingerprint density at radius 1 is 1.12 bits per heavy atom. The van der Waals surface area contributed by atoms with Gasteiger partial charge in [-0.05, 0) is 24.6 Å². The van der Waals surface area contributed by atoms with Crippen LogP contribution in [0.25, 0.3) is 16.6 Å². The Bertz CT molecular complexity index is 1510. The van der Waals surface area contributed by atoms with Crippen LogP contribution >= 0.6 is 0 Å². The van der Waals surface area contributed by atoms with Crippen LogP contribution < -0.4 is 9.64 Å². The summed E-state index contributed by atoms with van der Waals surface area (Å²) in [7, 11) is 0. The number of ether oxygens (including phenoxy) is 2. The number of hydrogen-bond acceptors (Lipinski definition) is 8. The predicted octanol–water partition coefficient (Wildman–Crippen LogP) is 3.09. The molecule has 0 aromatic carbocycles. The maximum atomic E-state index is 13.6. The minimum atomic E-state index is -2.67. The first-order chi connectivity index (χ1) is 20.9. The summed E-state index contributed by atoms with van der Waals surface area (Å²) in [5.41, 5.74) is 2.81. The highest BCUT2D eigenvalue weighted by molar-refractivity contribution is 5.85. The van der Waals surface area contributed by atoms with E-state index in [4.69, 9.17) is 14.5 Å². The molecule has 0 N–H and O–H groups in total. The third kappa shape index (κ3) is 5.45. The average molecular weight is 593 g/mol. The van der Waals surface area contributed by atoms with Crippen LogP contribution in [0.1, 0.15) is 24.8 Å². The maximum Gasteiger partial charge on any atom is 0.320 e. The number of piperidine rings is 2. The zero-order valence-corrected chi connectivity index (χ0v) is 23.9. The molecule has 0 aliphatic carbocycles. The number of nitrogens with zero attached hydrogens (tertiary/aromatic N) is 8. The van der Waals surface area contributed by atoms with Crippen molar-refractivity contribution in [1.29, 1.82) is 5.26 Å². The number of halogens is 2. The van der Waals surface area contributed by atoms with E-state index in [0.29, 0.717) is 36.5 Å². The van der Waals surface area contributed by atoms with Gasteiger partial charge in [-0.3, -0.25) is 4.90 Å². The summed E-state index contributed by atoms with van der Waals surface area (Å²) < 4.78 is 40.4. The molecule has 5 fully saturated rings. The van der Waals surface area contributed by atoms with Crippen LogP contribution in [0.3, 0.4) is 0 Å². The van der Waals surface area contributed by atoms with Crippen LogP contribution in [0.4, 0.5) is 19.4 Å². The molecule has 3 aromatic rings. The third-order valence-electron chi connectivity index (χ3n) is 9.05. The lowest BCUT2D eigenvalue weighted by atomic mass is 9.87. The summed E-state index contributed by atoms with van der Waals surface area (Å²) in [6.07, 6.45) is 5.53. The second kappa shape index (κ2) is 11.2. The van der Waals surface area contributed by atoms with Crippen molar-refractivity contribution in [2.45, 2.75) is 37.3 Å². The first-order valence-corrected chi connectivity index (χ1v) is 14.9. The summed E-state index contributed by atoms with van der Waals surface area (Å²) in [6, 6.07) is 8.09. The second-order valence-electron chi connectivity index (χ2n) is 11.7. The normalized spacial score (nSPS) is 23.6. The van der Waals surface area contributed by atoms with Crippen molar-refractivity contribution in [1.82, 2.24) is 29.3 Å². The van der Waals surface area contributed by atoms with E-state index in [-0.39, 0.29) is 44.0 Å². The number of fused-ring (bicyclic) bond motifs is 3. The molecule has 2 amide bonds. The molecule has 2 bridgehead atoms. The number of alkyl halides is 2. The lowest BCUT2D eigenvalue weighted by Gasteiger charge is -2.57. The largest absolute Gasteiger partial charge is 0.491 e. The quantitative estimate of drug-likeness (QED) is 0.431. The second-order valence-corrected chi connectivity index (χ2v) is 11.7. The molecule has 5 saturated heterocycles. The zero-order valence-electron chi connectivity index (χ0n) is 23.9. The highest BCUT2D eigenvalue weighted by atomic mass is 19.3. The molecule has 43 heavy (non-hydrogen) atoms. The first-order valence-electron chi connectivity index (χ1n) is 14.9. The molecule has 5 aliphatic heterocycles. The molecular weight excluding hydrogens is 558 g/mol. The van der Waals surface area contributed by atoms with Gasteiger partial charge >= 0.3 is 6.03 Å². The summed E-state index contributed by atoms with van der Waals surface area (Å²) in [6.45, 7) is 6.08. The van der Waals surface area contributed by atoms with Crippen molar-refractivity contribution in [2.75, 3.05) is 70.5 Å². The third-order valence-corrected chi connectivity index (χ3v) is 9.05. The van der Waals surface area contributed by atoms with Crippen molar-refractivity contribution in [3.63, 3.8) is 0 Å². The van der Waals surface area contributed by atoms with Gasteiger partial charge in [0.2, 0.25) is 0 Å². The van der Waals surface area contributed by atoms with Gasteiger partial charge < -0.3 is 24.2 Å². The number of piperazine rings is 1. The molecule has 0 saturated carbocycles. The SMILES string of the molecule is N#Cc1cnn2cc(OCCN3CCOCC3)cc(-c3ccc(N4CC5CC(C4)N5C(=O)N4CCC(F)(F)CC4)nc3)c12. The van der Waals surface area contributed by atoms with Crippen molar-refractivity contribution in [3.8, 4) is 22.9 Å². The maximum absolute atomic E-state index is 13.6. The Labute approximate surface area is 248 Å². The van der Waals surface area contributed by atoms with Crippen LogP contribution in [-0.4, -0.2) is 119 Å². The minimum Gasteiger partial charge on any atom is -0.491 e. The highest BCUT2D eigenvalue weighted by Gasteiger charge is 2.49. The Kier molecular flexibility index (Phi) is 7.26. The molecule has 11 nitrogen and oxygen atoms in total. The smallest absolute Gasteiger partial charge is 0.320 e. The fourth-order valence-electron chi connectivity index (χ4n) is 6.63. The highest BCUT2D eigenvalue weighted by Crippen LogP contribution is 2.37. The number of amides is 2. The standard InChI is InChI=1S/C30H34F2N8O3/c31-30(32)3-5-37(6-4-30)29(41)40-23-13-24(40)19-38(18-23)27-2-1-21(16-34-27)26-14-25(20-39-28(26)22(15-33)17-35-39)43-12-9-36-7-10-42-11-8-36/h1-2,14,16-17,20,23-24H,3-13,18-19H2. The number of aromatic nitrogens is 3. The summed E-state index contributed by atoms with van der Waals surface area (Å²) in [5.74, 6) is -1.20. The van der Waals surface area contributed by atoms with Gasteiger partial charge in [-0.1, -0.05) is 0 Å². The van der Waals surface area contributed by atoms with Crippen LogP contribution in [0.5, 0.6) is 5.75 Å². The zero-order chi connectivity index (χ0) is 29.6. The van der Waals surface area contributed by atoms with Crippen molar-refractivity contribution in [3.05, 3.63) is 42.4 Å². The average Bonchev–Trinajstić information content (AvgIpc) is 3.44.